The number of rotatable bonds is 5. The number of aryl methyl sites for hydroxylation is 1. The molecule has 0 unspecified atom stereocenters. The topological polar surface area (TPSA) is 9.23 Å². The lowest BCUT2D eigenvalue weighted by Gasteiger charge is -2.13. The van der Waals surface area contributed by atoms with E-state index in [0.29, 0.717) is 6.61 Å². The van der Waals surface area contributed by atoms with Gasteiger partial charge < -0.3 is 4.74 Å². The van der Waals surface area contributed by atoms with Crippen LogP contribution in [-0.4, -0.2) is 0 Å². The molecule has 3 aromatic rings. The van der Waals surface area contributed by atoms with Crippen LogP contribution in [-0.2, 0) is 13.0 Å². The smallest absolute Gasteiger partial charge is 0.119 e. The van der Waals surface area contributed by atoms with E-state index in [4.69, 9.17) is 4.74 Å². The summed E-state index contributed by atoms with van der Waals surface area (Å²) in [6.07, 6.45) is 1.05. The number of ether oxygens (including phenoxy) is 1. The van der Waals surface area contributed by atoms with Crippen LogP contribution >= 0.6 is 0 Å². The van der Waals surface area contributed by atoms with E-state index in [0.717, 1.165) is 12.2 Å². The van der Waals surface area contributed by atoms with Crippen molar-refractivity contribution in [2.24, 2.45) is 0 Å². The fourth-order valence-corrected chi connectivity index (χ4v) is 2.75. The summed E-state index contributed by atoms with van der Waals surface area (Å²) in [5.74, 6) is 0.923. The van der Waals surface area contributed by atoms with Crippen molar-refractivity contribution in [3.05, 3.63) is 89.5 Å². The van der Waals surface area contributed by atoms with Crippen LogP contribution in [0, 0.1) is 6.92 Å². The lowest BCUT2D eigenvalue weighted by Crippen LogP contribution is -1.99. The van der Waals surface area contributed by atoms with Crippen molar-refractivity contribution in [3.8, 4) is 16.9 Å². The molecule has 0 radical (unpaired) electrons. The molecule has 0 saturated carbocycles. The van der Waals surface area contributed by atoms with Crippen molar-refractivity contribution in [2.45, 2.75) is 26.9 Å². The van der Waals surface area contributed by atoms with E-state index in [1.54, 1.807) is 0 Å². The molecule has 0 fully saturated rings. The summed E-state index contributed by atoms with van der Waals surface area (Å²) in [6.45, 7) is 4.92. The standard InChI is InChI=1S/C22H22O/c1-3-18-12-14-21(15-13-18)23-16-20-10-7-11-22(17(20)2)19-8-5-4-6-9-19/h4-15H,3,16H2,1-2H3. The van der Waals surface area contributed by atoms with Crippen LogP contribution in [0.5, 0.6) is 5.75 Å². The second-order valence-electron chi connectivity index (χ2n) is 5.74. The molecule has 0 saturated heterocycles. The highest BCUT2D eigenvalue weighted by molar-refractivity contribution is 5.68. The van der Waals surface area contributed by atoms with Gasteiger partial charge in [0.1, 0.15) is 12.4 Å². The van der Waals surface area contributed by atoms with Crippen molar-refractivity contribution >= 4 is 0 Å². The fraction of sp³-hybridized carbons (Fsp3) is 0.182. The average Bonchev–Trinajstić information content (AvgIpc) is 2.62. The van der Waals surface area contributed by atoms with Gasteiger partial charge in [0.2, 0.25) is 0 Å². The predicted molar refractivity (Wildman–Crippen MR) is 96.8 cm³/mol. The van der Waals surface area contributed by atoms with E-state index in [1.807, 2.05) is 6.07 Å². The minimum Gasteiger partial charge on any atom is -0.489 e. The molecule has 1 heteroatoms. The molecule has 0 atom stereocenters. The van der Waals surface area contributed by atoms with E-state index >= 15 is 0 Å². The summed E-state index contributed by atoms with van der Waals surface area (Å²) in [5, 5.41) is 0. The van der Waals surface area contributed by atoms with Crippen LogP contribution in [0.2, 0.25) is 0 Å². The van der Waals surface area contributed by atoms with Gasteiger partial charge in [0, 0.05) is 0 Å². The predicted octanol–water partition coefficient (Wildman–Crippen LogP) is 5.80. The lowest BCUT2D eigenvalue weighted by atomic mass is 9.97. The molecule has 3 aromatic carbocycles. The molecule has 0 amide bonds. The summed E-state index contributed by atoms with van der Waals surface area (Å²) in [5.41, 5.74) is 6.36. The largest absolute Gasteiger partial charge is 0.489 e. The molecule has 0 aliphatic rings. The summed E-state index contributed by atoms with van der Waals surface area (Å²) >= 11 is 0. The Morgan fingerprint density at radius 1 is 0.783 bits per heavy atom. The normalized spacial score (nSPS) is 10.5. The lowest BCUT2D eigenvalue weighted by molar-refractivity contribution is 0.305. The molecule has 0 aromatic heterocycles. The second-order valence-corrected chi connectivity index (χ2v) is 5.74. The Bertz CT molecular complexity index is 758. The van der Waals surface area contributed by atoms with E-state index in [9.17, 15) is 0 Å². The van der Waals surface area contributed by atoms with Crippen LogP contribution in [0.15, 0.2) is 72.8 Å². The molecule has 0 heterocycles. The minimum absolute atomic E-state index is 0.595. The van der Waals surface area contributed by atoms with Gasteiger partial charge in [-0.05, 0) is 53.3 Å². The van der Waals surface area contributed by atoms with Crippen molar-refractivity contribution in [3.63, 3.8) is 0 Å². The molecule has 1 nitrogen and oxygen atoms in total. The second kappa shape index (κ2) is 7.15. The van der Waals surface area contributed by atoms with Crippen LogP contribution in [0.1, 0.15) is 23.6 Å². The molecule has 0 spiro atoms. The SMILES string of the molecule is CCc1ccc(OCc2cccc(-c3ccccc3)c2C)cc1. The van der Waals surface area contributed by atoms with E-state index in [-0.39, 0.29) is 0 Å². The van der Waals surface area contributed by atoms with Crippen LogP contribution in [0.25, 0.3) is 11.1 Å². The van der Waals surface area contributed by atoms with Crippen molar-refractivity contribution in [1.82, 2.24) is 0 Å². The summed E-state index contributed by atoms with van der Waals surface area (Å²) in [7, 11) is 0. The Morgan fingerprint density at radius 2 is 1.52 bits per heavy atom. The highest BCUT2D eigenvalue weighted by Gasteiger charge is 2.06. The first-order chi connectivity index (χ1) is 11.3. The third-order valence-corrected chi connectivity index (χ3v) is 4.26. The highest BCUT2D eigenvalue weighted by Crippen LogP contribution is 2.26. The molecular weight excluding hydrogens is 280 g/mol. The van der Waals surface area contributed by atoms with Crippen LogP contribution in [0.4, 0.5) is 0 Å². The first kappa shape index (κ1) is 15.4. The zero-order chi connectivity index (χ0) is 16.1. The monoisotopic (exact) mass is 302 g/mol. The van der Waals surface area contributed by atoms with Crippen molar-refractivity contribution in [2.75, 3.05) is 0 Å². The first-order valence-corrected chi connectivity index (χ1v) is 8.13. The van der Waals surface area contributed by atoms with E-state index < -0.39 is 0 Å². The third kappa shape index (κ3) is 3.62. The average molecular weight is 302 g/mol. The van der Waals surface area contributed by atoms with Gasteiger partial charge in [0.05, 0.1) is 0 Å². The van der Waals surface area contributed by atoms with Gasteiger partial charge in [-0.25, -0.2) is 0 Å². The third-order valence-electron chi connectivity index (χ3n) is 4.26. The number of benzene rings is 3. The summed E-state index contributed by atoms with van der Waals surface area (Å²) < 4.78 is 5.96. The van der Waals surface area contributed by atoms with E-state index in [1.165, 1.54) is 27.8 Å². The maximum absolute atomic E-state index is 5.96. The maximum Gasteiger partial charge on any atom is 0.119 e. The Morgan fingerprint density at radius 3 is 2.22 bits per heavy atom. The van der Waals surface area contributed by atoms with Gasteiger partial charge in [0.25, 0.3) is 0 Å². The Balaban J connectivity index is 1.78. The summed E-state index contributed by atoms with van der Waals surface area (Å²) in [6, 6.07) is 25.3. The molecule has 23 heavy (non-hydrogen) atoms. The molecule has 116 valence electrons. The van der Waals surface area contributed by atoms with Crippen LogP contribution < -0.4 is 4.74 Å². The minimum atomic E-state index is 0.595. The molecule has 0 bridgehead atoms. The van der Waals surface area contributed by atoms with Gasteiger partial charge in [-0.15, -0.1) is 0 Å². The molecule has 0 N–H and O–H groups in total. The van der Waals surface area contributed by atoms with Gasteiger partial charge in [0.15, 0.2) is 0 Å². The number of hydrogen-bond donors (Lipinski definition) is 0. The van der Waals surface area contributed by atoms with Crippen molar-refractivity contribution in [1.29, 1.82) is 0 Å². The molecular formula is C22H22O. The van der Waals surface area contributed by atoms with Gasteiger partial charge in [-0.2, -0.15) is 0 Å². The summed E-state index contributed by atoms with van der Waals surface area (Å²) in [4.78, 5) is 0. The van der Waals surface area contributed by atoms with E-state index in [2.05, 4.69) is 80.6 Å². The zero-order valence-electron chi connectivity index (χ0n) is 13.8. The van der Waals surface area contributed by atoms with Crippen molar-refractivity contribution < 1.29 is 4.74 Å². The fourth-order valence-electron chi connectivity index (χ4n) is 2.75. The van der Waals surface area contributed by atoms with Gasteiger partial charge >= 0.3 is 0 Å². The molecule has 0 aliphatic carbocycles. The Kier molecular flexibility index (Phi) is 4.77. The van der Waals surface area contributed by atoms with Gasteiger partial charge in [-0.3, -0.25) is 0 Å². The molecule has 3 rings (SSSR count). The van der Waals surface area contributed by atoms with Gasteiger partial charge in [-0.1, -0.05) is 67.6 Å². The quantitative estimate of drug-likeness (QED) is 0.578. The number of hydrogen-bond acceptors (Lipinski definition) is 1. The van der Waals surface area contributed by atoms with Crippen LogP contribution in [0.3, 0.4) is 0 Å². The maximum atomic E-state index is 5.96. The molecule has 0 aliphatic heterocycles. The Hall–Kier alpha value is -2.54. The zero-order valence-corrected chi connectivity index (χ0v) is 13.8. The highest BCUT2D eigenvalue weighted by atomic mass is 16.5. The Labute approximate surface area is 138 Å². The first-order valence-electron chi connectivity index (χ1n) is 8.13.